The molecule has 1 aromatic carbocycles. The Morgan fingerprint density at radius 3 is 2.63 bits per heavy atom. The minimum Gasteiger partial charge on any atom is -0.490 e. The Kier molecular flexibility index (Phi) is 4.66. The first-order valence-electron chi connectivity index (χ1n) is 8.73. The number of likely N-dealkylation sites (tertiary alicyclic amines) is 1. The Bertz CT molecular complexity index is 988. The molecule has 0 bridgehead atoms. The van der Waals surface area contributed by atoms with Gasteiger partial charge in [0.1, 0.15) is 17.5 Å². The van der Waals surface area contributed by atoms with Crippen LogP contribution in [0.15, 0.2) is 48.7 Å². The van der Waals surface area contributed by atoms with Crippen LogP contribution in [0.4, 0.5) is 8.78 Å². The second kappa shape index (κ2) is 7.26. The van der Waals surface area contributed by atoms with E-state index in [-0.39, 0.29) is 12.0 Å². The third kappa shape index (κ3) is 3.72. The molecule has 4 rings (SSSR count). The summed E-state index contributed by atoms with van der Waals surface area (Å²) in [6.07, 6.45) is 2.76. The summed E-state index contributed by atoms with van der Waals surface area (Å²) in [4.78, 5) is 23.0. The molecule has 0 saturated carbocycles. The molecular formula is C20H17F2N3O2. The number of nitrogens with zero attached hydrogens (tertiary/aromatic N) is 3. The van der Waals surface area contributed by atoms with E-state index in [1.807, 2.05) is 6.07 Å². The molecule has 0 spiro atoms. The van der Waals surface area contributed by atoms with Crippen molar-refractivity contribution in [2.45, 2.75) is 18.9 Å². The van der Waals surface area contributed by atoms with Crippen molar-refractivity contribution in [1.29, 1.82) is 0 Å². The number of fused-ring (bicyclic) bond motifs is 1. The van der Waals surface area contributed by atoms with Crippen LogP contribution in [-0.2, 0) is 0 Å². The van der Waals surface area contributed by atoms with Gasteiger partial charge >= 0.3 is 0 Å². The van der Waals surface area contributed by atoms with Gasteiger partial charge in [-0.05, 0) is 36.4 Å². The van der Waals surface area contributed by atoms with Gasteiger partial charge < -0.3 is 9.64 Å². The van der Waals surface area contributed by atoms with Gasteiger partial charge in [-0.25, -0.2) is 13.8 Å². The molecule has 1 aliphatic rings. The fraction of sp³-hybridized carbons (Fsp3) is 0.250. The van der Waals surface area contributed by atoms with E-state index >= 15 is 0 Å². The Balaban J connectivity index is 1.39. The molecule has 0 unspecified atom stereocenters. The van der Waals surface area contributed by atoms with Crippen molar-refractivity contribution >= 4 is 16.9 Å². The number of carbonyl (C=O) groups is 1. The van der Waals surface area contributed by atoms with Gasteiger partial charge in [0.25, 0.3) is 5.91 Å². The van der Waals surface area contributed by atoms with Crippen LogP contribution in [0.5, 0.6) is 5.75 Å². The molecule has 1 aliphatic heterocycles. The maximum Gasteiger partial charge on any atom is 0.272 e. The standard InChI is InChI=1S/C20H17F2N3O2/c21-15-4-3-14(12-16(15)22)27-13-7-10-25(11-8-13)20(26)19-6-5-17-18(24-19)2-1-9-23-17/h1-6,9,12-13H,7-8,10-11H2. The molecule has 1 fully saturated rings. The van der Waals surface area contributed by atoms with Crippen molar-refractivity contribution in [2.24, 2.45) is 0 Å². The SMILES string of the molecule is O=C(c1ccc2ncccc2n1)N1CCC(Oc2ccc(F)c(F)c2)CC1. The highest BCUT2D eigenvalue weighted by atomic mass is 19.2. The van der Waals surface area contributed by atoms with Gasteiger partial charge in [0.2, 0.25) is 0 Å². The molecule has 7 heteroatoms. The van der Waals surface area contributed by atoms with Crippen LogP contribution < -0.4 is 4.74 Å². The summed E-state index contributed by atoms with van der Waals surface area (Å²) in [5, 5.41) is 0. The average molecular weight is 369 g/mol. The van der Waals surface area contributed by atoms with Gasteiger partial charge in [0.05, 0.1) is 11.0 Å². The smallest absolute Gasteiger partial charge is 0.272 e. The van der Waals surface area contributed by atoms with Crippen molar-refractivity contribution in [1.82, 2.24) is 14.9 Å². The van der Waals surface area contributed by atoms with E-state index in [1.165, 1.54) is 6.07 Å². The van der Waals surface area contributed by atoms with E-state index < -0.39 is 11.6 Å². The number of piperidine rings is 1. The van der Waals surface area contributed by atoms with Crippen LogP contribution in [0.3, 0.4) is 0 Å². The number of amides is 1. The second-order valence-corrected chi connectivity index (χ2v) is 6.42. The molecular weight excluding hydrogens is 352 g/mol. The van der Waals surface area contributed by atoms with Gasteiger partial charge in [0.15, 0.2) is 11.6 Å². The average Bonchev–Trinajstić information content (AvgIpc) is 2.70. The number of pyridine rings is 2. The lowest BCUT2D eigenvalue weighted by Crippen LogP contribution is -2.42. The molecule has 2 aromatic heterocycles. The van der Waals surface area contributed by atoms with Crippen LogP contribution in [0.2, 0.25) is 0 Å². The molecule has 5 nitrogen and oxygen atoms in total. The van der Waals surface area contributed by atoms with Crippen LogP contribution in [0.1, 0.15) is 23.3 Å². The van der Waals surface area contributed by atoms with E-state index in [0.717, 1.165) is 17.6 Å². The lowest BCUT2D eigenvalue weighted by molar-refractivity contribution is 0.0590. The molecule has 138 valence electrons. The first kappa shape index (κ1) is 17.3. The minimum absolute atomic E-state index is 0.132. The van der Waals surface area contributed by atoms with Crippen molar-refractivity contribution in [2.75, 3.05) is 13.1 Å². The first-order chi connectivity index (χ1) is 13.1. The largest absolute Gasteiger partial charge is 0.490 e. The summed E-state index contributed by atoms with van der Waals surface area (Å²) in [7, 11) is 0. The second-order valence-electron chi connectivity index (χ2n) is 6.42. The summed E-state index contributed by atoms with van der Waals surface area (Å²) < 4.78 is 32.0. The summed E-state index contributed by atoms with van der Waals surface area (Å²) in [5.74, 6) is -1.67. The molecule has 0 aliphatic carbocycles. The van der Waals surface area contributed by atoms with E-state index in [1.54, 1.807) is 29.3 Å². The third-order valence-electron chi connectivity index (χ3n) is 4.60. The normalized spacial score (nSPS) is 15.1. The first-order valence-corrected chi connectivity index (χ1v) is 8.73. The zero-order valence-corrected chi connectivity index (χ0v) is 14.4. The minimum atomic E-state index is -0.933. The van der Waals surface area contributed by atoms with Crippen molar-refractivity contribution in [3.63, 3.8) is 0 Å². The topological polar surface area (TPSA) is 55.3 Å². The van der Waals surface area contributed by atoms with E-state index in [4.69, 9.17) is 4.74 Å². The number of hydrogen-bond donors (Lipinski definition) is 0. The molecule has 3 heterocycles. The van der Waals surface area contributed by atoms with Crippen molar-refractivity contribution < 1.29 is 18.3 Å². The highest BCUT2D eigenvalue weighted by Crippen LogP contribution is 2.22. The van der Waals surface area contributed by atoms with Crippen molar-refractivity contribution in [3.8, 4) is 5.75 Å². The molecule has 1 saturated heterocycles. The number of ether oxygens (including phenoxy) is 1. The number of carbonyl (C=O) groups excluding carboxylic acids is 1. The number of aromatic nitrogens is 2. The van der Waals surface area contributed by atoms with Gasteiger partial charge in [0, 0.05) is 38.2 Å². The van der Waals surface area contributed by atoms with Crippen LogP contribution in [0.25, 0.3) is 11.0 Å². The maximum atomic E-state index is 13.3. The van der Waals surface area contributed by atoms with E-state index in [0.29, 0.717) is 42.9 Å². The molecule has 27 heavy (non-hydrogen) atoms. The molecule has 0 radical (unpaired) electrons. The highest BCUT2D eigenvalue weighted by Gasteiger charge is 2.25. The van der Waals surface area contributed by atoms with Crippen LogP contribution in [0, 0.1) is 11.6 Å². The Labute approximate surface area is 154 Å². The summed E-state index contributed by atoms with van der Waals surface area (Å²) in [5.41, 5.74) is 1.81. The third-order valence-corrected chi connectivity index (χ3v) is 4.60. The quantitative estimate of drug-likeness (QED) is 0.708. The predicted octanol–water partition coefficient (Wildman–Crippen LogP) is 3.59. The Morgan fingerprint density at radius 2 is 1.85 bits per heavy atom. The zero-order chi connectivity index (χ0) is 18.8. The number of rotatable bonds is 3. The van der Waals surface area contributed by atoms with Gasteiger partial charge in [-0.3, -0.25) is 9.78 Å². The molecule has 0 N–H and O–H groups in total. The van der Waals surface area contributed by atoms with Gasteiger partial charge in [-0.15, -0.1) is 0 Å². The maximum absolute atomic E-state index is 13.3. The van der Waals surface area contributed by atoms with Gasteiger partial charge in [-0.2, -0.15) is 0 Å². The lowest BCUT2D eigenvalue weighted by atomic mass is 10.1. The molecule has 3 aromatic rings. The number of benzene rings is 1. The summed E-state index contributed by atoms with van der Waals surface area (Å²) >= 11 is 0. The van der Waals surface area contributed by atoms with E-state index in [2.05, 4.69) is 9.97 Å². The van der Waals surface area contributed by atoms with Crippen molar-refractivity contribution in [3.05, 3.63) is 66.0 Å². The highest BCUT2D eigenvalue weighted by molar-refractivity contribution is 5.94. The summed E-state index contributed by atoms with van der Waals surface area (Å²) in [6, 6.07) is 10.6. The van der Waals surface area contributed by atoms with Crippen LogP contribution in [-0.4, -0.2) is 40.0 Å². The summed E-state index contributed by atoms with van der Waals surface area (Å²) in [6.45, 7) is 1.03. The Hall–Kier alpha value is -3.09. The lowest BCUT2D eigenvalue weighted by Gasteiger charge is -2.32. The molecule has 1 amide bonds. The predicted molar refractivity (Wildman–Crippen MR) is 95.4 cm³/mol. The fourth-order valence-electron chi connectivity index (χ4n) is 3.16. The zero-order valence-electron chi connectivity index (χ0n) is 14.4. The van der Waals surface area contributed by atoms with Crippen LogP contribution >= 0.6 is 0 Å². The van der Waals surface area contributed by atoms with Gasteiger partial charge in [-0.1, -0.05) is 0 Å². The van der Waals surface area contributed by atoms with E-state index in [9.17, 15) is 13.6 Å². The number of halogens is 2. The molecule has 0 atom stereocenters. The fourth-order valence-corrected chi connectivity index (χ4v) is 3.16. The number of hydrogen-bond acceptors (Lipinski definition) is 4. The Morgan fingerprint density at radius 1 is 1.04 bits per heavy atom. The monoisotopic (exact) mass is 369 g/mol.